The molecule has 0 unspecified atom stereocenters. The number of nitrogens with one attached hydrogen (secondary N) is 1. The highest BCUT2D eigenvalue weighted by Gasteiger charge is 2.14. The molecule has 0 aliphatic carbocycles. The molecule has 3 nitrogen and oxygen atoms in total. The number of carbonyl (C=O) groups excluding carboxylic acids is 1. The van der Waals surface area contributed by atoms with Gasteiger partial charge < -0.3 is 9.88 Å². The third-order valence-corrected chi connectivity index (χ3v) is 4.07. The second-order valence-corrected chi connectivity index (χ2v) is 6.39. The largest absolute Gasteiger partial charge is 0.342 e. The lowest BCUT2D eigenvalue weighted by Crippen LogP contribution is -2.17. The molecule has 1 aromatic carbocycles. The Bertz CT molecular complexity index is 642. The number of amides is 1. The number of nitrogens with zero attached hydrogens (tertiary/aromatic N) is 1. The summed E-state index contributed by atoms with van der Waals surface area (Å²) in [6, 6.07) is 6.06. The van der Waals surface area contributed by atoms with Gasteiger partial charge in [-0.05, 0) is 69.2 Å². The van der Waals surface area contributed by atoms with Crippen molar-refractivity contribution in [3.63, 3.8) is 0 Å². The second-order valence-electron chi connectivity index (χ2n) is 4.32. The normalized spacial score (nSPS) is 10.6. The van der Waals surface area contributed by atoms with Gasteiger partial charge in [-0.1, -0.05) is 6.92 Å². The molecule has 1 heterocycles. The first kappa shape index (κ1) is 15.5. The topological polar surface area (TPSA) is 34.0 Å². The summed E-state index contributed by atoms with van der Waals surface area (Å²) in [6.07, 6.45) is 2.82. The molecule has 0 aliphatic heterocycles. The van der Waals surface area contributed by atoms with E-state index in [4.69, 9.17) is 0 Å². The summed E-state index contributed by atoms with van der Waals surface area (Å²) in [7, 11) is 0. The van der Waals surface area contributed by atoms with Crippen LogP contribution >= 0.6 is 38.5 Å². The molecular formula is C14H13BrFIN2O. The maximum Gasteiger partial charge on any atom is 0.272 e. The van der Waals surface area contributed by atoms with Crippen LogP contribution in [0, 0.1) is 9.39 Å². The maximum absolute atomic E-state index is 13.0. The summed E-state index contributed by atoms with van der Waals surface area (Å²) in [4.78, 5) is 12.3. The van der Waals surface area contributed by atoms with Gasteiger partial charge in [-0.2, -0.15) is 0 Å². The van der Waals surface area contributed by atoms with Crippen LogP contribution in [0.1, 0.15) is 23.8 Å². The molecule has 106 valence electrons. The second kappa shape index (κ2) is 6.71. The van der Waals surface area contributed by atoms with Crippen LogP contribution < -0.4 is 5.32 Å². The highest BCUT2D eigenvalue weighted by molar-refractivity contribution is 14.1. The van der Waals surface area contributed by atoms with Crippen LogP contribution in [0.2, 0.25) is 0 Å². The molecule has 0 fully saturated rings. The quantitative estimate of drug-likeness (QED) is 0.675. The highest BCUT2D eigenvalue weighted by Crippen LogP contribution is 2.21. The molecule has 0 spiro atoms. The van der Waals surface area contributed by atoms with Gasteiger partial charge in [-0.25, -0.2) is 4.39 Å². The van der Waals surface area contributed by atoms with Crippen molar-refractivity contribution >= 4 is 50.1 Å². The number of aryl methyl sites for hydroxylation is 1. The maximum atomic E-state index is 13.0. The Labute approximate surface area is 138 Å². The highest BCUT2D eigenvalue weighted by atomic mass is 127. The minimum Gasteiger partial charge on any atom is -0.342 e. The third kappa shape index (κ3) is 3.60. The van der Waals surface area contributed by atoms with Crippen LogP contribution in [0.15, 0.2) is 34.9 Å². The summed E-state index contributed by atoms with van der Waals surface area (Å²) in [5, 5.41) is 2.81. The molecule has 1 amide bonds. The summed E-state index contributed by atoms with van der Waals surface area (Å²) in [5.74, 6) is -0.516. The molecule has 1 aromatic heterocycles. The molecule has 20 heavy (non-hydrogen) atoms. The summed E-state index contributed by atoms with van der Waals surface area (Å²) < 4.78 is 16.5. The van der Waals surface area contributed by atoms with Gasteiger partial charge in [-0.3, -0.25) is 4.79 Å². The lowest BCUT2D eigenvalue weighted by atomic mass is 10.3. The van der Waals surface area contributed by atoms with Crippen molar-refractivity contribution in [1.82, 2.24) is 4.57 Å². The molecule has 0 saturated heterocycles. The van der Waals surface area contributed by atoms with Crippen molar-refractivity contribution in [1.29, 1.82) is 0 Å². The number of rotatable bonds is 4. The number of carbonyl (C=O) groups is 1. The molecule has 0 bridgehead atoms. The monoisotopic (exact) mass is 450 g/mol. The lowest BCUT2D eigenvalue weighted by molar-refractivity contribution is 0.101. The van der Waals surface area contributed by atoms with Gasteiger partial charge in [0, 0.05) is 20.8 Å². The number of aromatic nitrogens is 1. The Kier molecular flexibility index (Phi) is 5.20. The van der Waals surface area contributed by atoms with Crippen LogP contribution in [0.5, 0.6) is 0 Å². The first-order valence-electron chi connectivity index (χ1n) is 6.13. The molecule has 0 atom stereocenters. The fourth-order valence-electron chi connectivity index (χ4n) is 1.87. The number of halogens is 3. The van der Waals surface area contributed by atoms with E-state index in [1.807, 2.05) is 33.4 Å². The van der Waals surface area contributed by atoms with E-state index in [-0.39, 0.29) is 11.7 Å². The minimum absolute atomic E-state index is 0.200. The van der Waals surface area contributed by atoms with Gasteiger partial charge in [0.1, 0.15) is 11.5 Å². The van der Waals surface area contributed by atoms with Gasteiger partial charge in [-0.15, -0.1) is 0 Å². The van der Waals surface area contributed by atoms with Crippen LogP contribution in [0.4, 0.5) is 10.1 Å². The van der Waals surface area contributed by atoms with Crippen molar-refractivity contribution in [2.45, 2.75) is 19.9 Å². The summed E-state index contributed by atoms with van der Waals surface area (Å²) in [5.41, 5.74) is 1.19. The zero-order chi connectivity index (χ0) is 14.7. The van der Waals surface area contributed by atoms with Gasteiger partial charge in [0.2, 0.25) is 0 Å². The van der Waals surface area contributed by atoms with Gasteiger partial charge >= 0.3 is 0 Å². The van der Waals surface area contributed by atoms with E-state index in [0.29, 0.717) is 15.0 Å². The van der Waals surface area contributed by atoms with Crippen LogP contribution in [-0.4, -0.2) is 10.5 Å². The smallest absolute Gasteiger partial charge is 0.272 e. The fraction of sp³-hybridized carbons (Fsp3) is 0.214. The number of anilines is 1. The Balaban J connectivity index is 2.23. The number of hydrogen-bond donors (Lipinski definition) is 1. The lowest BCUT2D eigenvalue weighted by Gasteiger charge is -2.10. The average Bonchev–Trinajstić information content (AvgIpc) is 2.74. The fourth-order valence-corrected chi connectivity index (χ4v) is 2.94. The van der Waals surface area contributed by atoms with E-state index >= 15 is 0 Å². The van der Waals surface area contributed by atoms with Crippen molar-refractivity contribution in [3.05, 3.63) is 50.0 Å². The molecule has 2 rings (SSSR count). The van der Waals surface area contributed by atoms with Crippen molar-refractivity contribution in [2.75, 3.05) is 5.32 Å². The van der Waals surface area contributed by atoms with E-state index in [1.54, 1.807) is 12.1 Å². The average molecular weight is 451 g/mol. The van der Waals surface area contributed by atoms with Crippen LogP contribution in [0.25, 0.3) is 0 Å². The standard InChI is InChI=1S/C14H13BrFIN2O/c1-2-5-19-8-9(15)6-13(19)14(20)18-12-4-3-10(16)7-11(12)17/h3-4,6-8H,2,5H2,1H3,(H,18,20). The minimum atomic E-state index is -0.315. The molecule has 2 aromatic rings. The first-order valence-corrected chi connectivity index (χ1v) is 8.00. The Morgan fingerprint density at radius 2 is 2.20 bits per heavy atom. The predicted molar refractivity (Wildman–Crippen MR) is 89.5 cm³/mol. The molecule has 0 radical (unpaired) electrons. The zero-order valence-electron chi connectivity index (χ0n) is 10.8. The van der Waals surface area contributed by atoms with E-state index in [0.717, 1.165) is 17.4 Å². The van der Waals surface area contributed by atoms with E-state index in [1.165, 1.54) is 12.1 Å². The van der Waals surface area contributed by atoms with Crippen molar-refractivity contribution < 1.29 is 9.18 Å². The molecule has 0 saturated carbocycles. The number of hydrogen-bond acceptors (Lipinski definition) is 1. The molecule has 0 aliphatic rings. The van der Waals surface area contributed by atoms with Crippen molar-refractivity contribution in [2.24, 2.45) is 0 Å². The number of benzene rings is 1. The third-order valence-electron chi connectivity index (χ3n) is 2.74. The SMILES string of the molecule is CCCn1cc(Br)cc1C(=O)Nc1ccc(F)cc1I. The zero-order valence-corrected chi connectivity index (χ0v) is 14.5. The van der Waals surface area contributed by atoms with Gasteiger partial charge in [0.25, 0.3) is 5.91 Å². The summed E-state index contributed by atoms with van der Waals surface area (Å²) in [6.45, 7) is 2.83. The molecule has 6 heteroatoms. The van der Waals surface area contributed by atoms with Crippen LogP contribution in [0.3, 0.4) is 0 Å². The van der Waals surface area contributed by atoms with E-state index < -0.39 is 0 Å². The predicted octanol–water partition coefficient (Wildman–Crippen LogP) is 4.66. The molecular weight excluding hydrogens is 438 g/mol. The van der Waals surface area contributed by atoms with Crippen LogP contribution in [-0.2, 0) is 6.54 Å². The first-order chi connectivity index (χ1) is 9.51. The van der Waals surface area contributed by atoms with E-state index in [9.17, 15) is 9.18 Å². The van der Waals surface area contributed by atoms with E-state index in [2.05, 4.69) is 28.2 Å². The van der Waals surface area contributed by atoms with Crippen molar-refractivity contribution in [3.8, 4) is 0 Å². The van der Waals surface area contributed by atoms with Gasteiger partial charge in [0.15, 0.2) is 0 Å². The Morgan fingerprint density at radius 3 is 2.85 bits per heavy atom. The Morgan fingerprint density at radius 1 is 1.45 bits per heavy atom. The summed E-state index contributed by atoms with van der Waals surface area (Å²) >= 11 is 5.38. The molecule has 1 N–H and O–H groups in total. The van der Waals surface area contributed by atoms with Gasteiger partial charge in [0.05, 0.1) is 5.69 Å². The Hall–Kier alpha value is -0.890.